The van der Waals surface area contributed by atoms with Crippen LogP contribution in [0.4, 0.5) is 0 Å². The van der Waals surface area contributed by atoms with Gasteiger partial charge < -0.3 is 14.3 Å². The average molecular weight is 376 g/mol. The van der Waals surface area contributed by atoms with Gasteiger partial charge in [0, 0.05) is 12.1 Å². The Morgan fingerprint density at radius 3 is 2.54 bits per heavy atom. The average Bonchev–Trinajstić information content (AvgIpc) is 3.35. The lowest BCUT2D eigenvalue weighted by molar-refractivity contribution is 0.248. The third kappa shape index (κ3) is 3.65. The van der Waals surface area contributed by atoms with E-state index in [1.165, 1.54) is 0 Å². The second-order valence-corrected chi connectivity index (χ2v) is 6.35. The van der Waals surface area contributed by atoms with Crippen molar-refractivity contribution in [3.05, 3.63) is 77.4 Å². The number of pyridine rings is 1. The van der Waals surface area contributed by atoms with Gasteiger partial charge in [0.1, 0.15) is 18.1 Å². The Kier molecular flexibility index (Phi) is 4.90. The topological polar surface area (TPSA) is 86.2 Å². The lowest BCUT2D eigenvalue weighted by atomic mass is 10.1. The van der Waals surface area contributed by atoms with E-state index >= 15 is 0 Å². The molecule has 3 aromatic heterocycles. The van der Waals surface area contributed by atoms with Gasteiger partial charge in [-0.25, -0.2) is 9.97 Å². The molecule has 28 heavy (non-hydrogen) atoms. The number of aliphatic hydroxyl groups excluding tert-OH is 1. The van der Waals surface area contributed by atoms with Crippen molar-refractivity contribution < 1.29 is 14.3 Å². The number of nitrogens with zero attached hydrogens (tertiary/aromatic N) is 4. The van der Waals surface area contributed by atoms with Crippen molar-refractivity contribution in [2.75, 3.05) is 7.11 Å². The highest BCUT2D eigenvalue weighted by Gasteiger charge is 2.18. The van der Waals surface area contributed by atoms with Crippen molar-refractivity contribution in [3.8, 4) is 23.2 Å². The van der Waals surface area contributed by atoms with Crippen LogP contribution in [0.5, 0.6) is 5.75 Å². The maximum Gasteiger partial charge on any atom is 0.200 e. The van der Waals surface area contributed by atoms with Crippen LogP contribution >= 0.6 is 0 Å². The second-order valence-electron chi connectivity index (χ2n) is 6.35. The van der Waals surface area contributed by atoms with Gasteiger partial charge in [0.05, 0.1) is 7.11 Å². The summed E-state index contributed by atoms with van der Waals surface area (Å²) in [6.45, 7) is 1.75. The zero-order valence-corrected chi connectivity index (χ0v) is 15.7. The van der Waals surface area contributed by atoms with E-state index in [0.29, 0.717) is 35.4 Å². The lowest BCUT2D eigenvalue weighted by Gasteiger charge is -2.04. The van der Waals surface area contributed by atoms with E-state index in [-0.39, 0.29) is 6.61 Å². The highest BCUT2D eigenvalue weighted by Crippen LogP contribution is 2.24. The third-order valence-electron chi connectivity index (χ3n) is 4.30. The van der Waals surface area contributed by atoms with Gasteiger partial charge in [0.25, 0.3) is 0 Å². The summed E-state index contributed by atoms with van der Waals surface area (Å²) in [5, 5.41) is 14.0. The van der Waals surface area contributed by atoms with Crippen LogP contribution in [0.25, 0.3) is 17.4 Å². The van der Waals surface area contributed by atoms with E-state index in [2.05, 4.69) is 15.1 Å². The Hall–Kier alpha value is -3.45. The van der Waals surface area contributed by atoms with Crippen molar-refractivity contribution in [1.29, 1.82) is 0 Å². The molecule has 0 unspecified atom stereocenters. The van der Waals surface area contributed by atoms with Crippen LogP contribution in [-0.2, 0) is 13.0 Å². The van der Waals surface area contributed by atoms with E-state index < -0.39 is 0 Å². The molecule has 0 saturated carbocycles. The predicted octanol–water partition coefficient (Wildman–Crippen LogP) is 3.32. The first-order chi connectivity index (χ1) is 13.7. The van der Waals surface area contributed by atoms with E-state index in [1.54, 1.807) is 23.9 Å². The van der Waals surface area contributed by atoms with Gasteiger partial charge in [0.2, 0.25) is 5.82 Å². The molecule has 0 atom stereocenters. The Morgan fingerprint density at radius 1 is 1.04 bits per heavy atom. The summed E-state index contributed by atoms with van der Waals surface area (Å²) in [5.74, 6) is 3.65. The first-order valence-corrected chi connectivity index (χ1v) is 8.89. The molecule has 3 heterocycles. The SMILES string of the molecule is COc1ccc(Cc2nc(-c3ccc(CO)o3)n(-c3cccc(C)n3)n2)cc1. The van der Waals surface area contributed by atoms with E-state index in [0.717, 1.165) is 17.0 Å². The van der Waals surface area contributed by atoms with Crippen molar-refractivity contribution >= 4 is 0 Å². The van der Waals surface area contributed by atoms with Gasteiger partial charge in [-0.05, 0) is 48.9 Å². The summed E-state index contributed by atoms with van der Waals surface area (Å²) >= 11 is 0. The molecule has 0 bridgehead atoms. The molecule has 0 aliphatic heterocycles. The smallest absolute Gasteiger partial charge is 0.200 e. The standard InChI is InChI=1S/C21H20N4O3/c1-14-4-3-5-20(22-14)25-21(18-11-10-17(13-26)28-18)23-19(24-25)12-15-6-8-16(27-2)9-7-15/h3-11,26H,12-13H2,1-2H3. The normalized spacial score (nSPS) is 11.0. The highest BCUT2D eigenvalue weighted by atomic mass is 16.5. The molecular formula is C21H20N4O3. The fraction of sp³-hybridized carbons (Fsp3) is 0.190. The van der Waals surface area contributed by atoms with Crippen molar-refractivity contribution in [2.24, 2.45) is 0 Å². The summed E-state index contributed by atoms with van der Waals surface area (Å²) in [6, 6.07) is 17.0. The van der Waals surface area contributed by atoms with Crippen LogP contribution in [0.1, 0.15) is 22.8 Å². The molecule has 4 aromatic rings. The molecule has 4 rings (SSSR count). The van der Waals surface area contributed by atoms with Crippen molar-refractivity contribution in [1.82, 2.24) is 19.7 Å². The predicted molar refractivity (Wildman–Crippen MR) is 103 cm³/mol. The van der Waals surface area contributed by atoms with Gasteiger partial charge >= 0.3 is 0 Å². The molecule has 7 heteroatoms. The number of methoxy groups -OCH3 is 1. The molecule has 0 aliphatic carbocycles. The third-order valence-corrected chi connectivity index (χ3v) is 4.30. The summed E-state index contributed by atoms with van der Waals surface area (Å²) in [6.07, 6.45) is 0.559. The van der Waals surface area contributed by atoms with Crippen LogP contribution < -0.4 is 4.74 Å². The largest absolute Gasteiger partial charge is 0.497 e. The maximum absolute atomic E-state index is 9.30. The molecular weight excluding hydrogens is 356 g/mol. The molecule has 0 spiro atoms. The molecule has 0 amide bonds. The number of hydrogen-bond donors (Lipinski definition) is 1. The molecule has 0 aliphatic rings. The summed E-state index contributed by atoms with van der Waals surface area (Å²) in [7, 11) is 1.64. The van der Waals surface area contributed by atoms with E-state index in [9.17, 15) is 5.11 Å². The first-order valence-electron chi connectivity index (χ1n) is 8.89. The summed E-state index contributed by atoms with van der Waals surface area (Å²) in [4.78, 5) is 9.23. The number of aromatic nitrogens is 4. The van der Waals surface area contributed by atoms with Crippen LogP contribution in [-0.4, -0.2) is 32.0 Å². The Labute approximate surface area is 162 Å². The van der Waals surface area contributed by atoms with Crippen LogP contribution in [0.3, 0.4) is 0 Å². The fourth-order valence-electron chi connectivity index (χ4n) is 2.90. The summed E-state index contributed by atoms with van der Waals surface area (Å²) < 4.78 is 12.6. The minimum atomic E-state index is -0.171. The van der Waals surface area contributed by atoms with Crippen LogP contribution in [0.2, 0.25) is 0 Å². The molecule has 7 nitrogen and oxygen atoms in total. The minimum absolute atomic E-state index is 0.171. The molecule has 0 saturated heterocycles. The number of aryl methyl sites for hydroxylation is 1. The zero-order chi connectivity index (χ0) is 19.5. The number of hydrogen-bond acceptors (Lipinski definition) is 6. The van der Waals surface area contributed by atoms with Gasteiger partial charge in [-0.15, -0.1) is 5.10 Å². The second kappa shape index (κ2) is 7.66. The van der Waals surface area contributed by atoms with Gasteiger partial charge in [-0.3, -0.25) is 0 Å². The molecule has 1 N–H and O–H groups in total. The van der Waals surface area contributed by atoms with E-state index in [4.69, 9.17) is 9.15 Å². The first kappa shape index (κ1) is 17.9. The molecule has 1 aromatic carbocycles. The van der Waals surface area contributed by atoms with Crippen LogP contribution in [0, 0.1) is 6.92 Å². The number of aliphatic hydroxyl groups is 1. The zero-order valence-electron chi connectivity index (χ0n) is 15.7. The van der Waals surface area contributed by atoms with Gasteiger partial charge in [0.15, 0.2) is 17.4 Å². The fourth-order valence-corrected chi connectivity index (χ4v) is 2.90. The maximum atomic E-state index is 9.30. The number of ether oxygens (including phenoxy) is 1. The molecule has 142 valence electrons. The lowest BCUT2D eigenvalue weighted by Crippen LogP contribution is -2.03. The summed E-state index contributed by atoms with van der Waals surface area (Å²) in [5.41, 5.74) is 1.95. The highest BCUT2D eigenvalue weighted by molar-refractivity contribution is 5.51. The quantitative estimate of drug-likeness (QED) is 0.556. The molecule has 0 fully saturated rings. The Morgan fingerprint density at radius 2 is 1.86 bits per heavy atom. The van der Waals surface area contributed by atoms with Gasteiger partial charge in [-0.1, -0.05) is 18.2 Å². The Balaban J connectivity index is 1.74. The van der Waals surface area contributed by atoms with Crippen LogP contribution in [0.15, 0.2) is 59.0 Å². The number of furan rings is 1. The van der Waals surface area contributed by atoms with Crippen molar-refractivity contribution in [3.63, 3.8) is 0 Å². The number of benzene rings is 1. The monoisotopic (exact) mass is 376 g/mol. The molecule has 0 radical (unpaired) electrons. The number of rotatable bonds is 6. The Bertz CT molecular complexity index is 1080. The van der Waals surface area contributed by atoms with E-state index in [1.807, 2.05) is 49.4 Å². The van der Waals surface area contributed by atoms with Crippen molar-refractivity contribution in [2.45, 2.75) is 20.0 Å². The van der Waals surface area contributed by atoms with Gasteiger partial charge in [-0.2, -0.15) is 4.68 Å². The minimum Gasteiger partial charge on any atom is -0.497 e.